The molecule has 2 N–H and O–H groups in total. The minimum Gasteiger partial charge on any atom is -0.381 e. The summed E-state index contributed by atoms with van der Waals surface area (Å²) < 4.78 is 17.0. The second-order valence-corrected chi connectivity index (χ2v) is 8.49. The Bertz CT molecular complexity index is 443. The molecule has 0 bridgehead atoms. The van der Waals surface area contributed by atoms with E-state index in [1.165, 1.54) is 0 Å². The van der Waals surface area contributed by atoms with Crippen molar-refractivity contribution in [3.63, 3.8) is 0 Å². The van der Waals surface area contributed by atoms with Crippen LogP contribution in [-0.2, 0) is 14.2 Å². The first-order chi connectivity index (χ1) is 12.9. The number of nitrogens with zero attached hydrogens (tertiary/aromatic N) is 2. The van der Waals surface area contributed by atoms with E-state index in [-0.39, 0.29) is 17.7 Å². The molecule has 3 unspecified atom stereocenters. The Balaban J connectivity index is 1.61. The Labute approximate surface area is 165 Å². The molecule has 7 nitrogen and oxygen atoms in total. The van der Waals surface area contributed by atoms with Crippen LogP contribution < -0.4 is 10.6 Å². The van der Waals surface area contributed by atoms with Gasteiger partial charge in [0.25, 0.3) is 0 Å². The van der Waals surface area contributed by atoms with Crippen molar-refractivity contribution in [2.24, 2.45) is 10.9 Å². The molecular formula is C20H40N4O3. The Morgan fingerprint density at radius 1 is 1.22 bits per heavy atom. The van der Waals surface area contributed by atoms with Gasteiger partial charge in [0, 0.05) is 57.9 Å². The van der Waals surface area contributed by atoms with E-state index in [9.17, 15) is 0 Å². The van der Waals surface area contributed by atoms with Gasteiger partial charge in [0.05, 0.1) is 25.4 Å². The molecule has 2 aliphatic heterocycles. The van der Waals surface area contributed by atoms with Crippen molar-refractivity contribution in [2.45, 2.75) is 58.3 Å². The van der Waals surface area contributed by atoms with Crippen molar-refractivity contribution in [2.75, 3.05) is 59.7 Å². The van der Waals surface area contributed by atoms with Gasteiger partial charge < -0.3 is 24.8 Å². The summed E-state index contributed by atoms with van der Waals surface area (Å²) in [7, 11) is 1.82. The zero-order valence-electron chi connectivity index (χ0n) is 17.9. The van der Waals surface area contributed by atoms with Gasteiger partial charge in [-0.15, -0.1) is 0 Å². The molecule has 2 heterocycles. The highest BCUT2D eigenvalue weighted by molar-refractivity contribution is 5.79. The molecule has 3 atom stereocenters. The number of guanidine groups is 1. The Kier molecular flexibility index (Phi) is 9.29. The summed E-state index contributed by atoms with van der Waals surface area (Å²) in [5.74, 6) is 1.43. The molecule has 2 saturated heterocycles. The predicted octanol–water partition coefficient (Wildman–Crippen LogP) is 1.48. The monoisotopic (exact) mass is 384 g/mol. The van der Waals surface area contributed by atoms with Gasteiger partial charge >= 0.3 is 0 Å². The second-order valence-electron chi connectivity index (χ2n) is 8.49. The molecular weight excluding hydrogens is 344 g/mol. The van der Waals surface area contributed by atoms with Crippen LogP contribution in [0.4, 0.5) is 0 Å². The topological polar surface area (TPSA) is 67.4 Å². The van der Waals surface area contributed by atoms with Crippen LogP contribution in [0.5, 0.6) is 0 Å². The number of morpholine rings is 1. The van der Waals surface area contributed by atoms with Crippen LogP contribution in [0, 0.1) is 5.92 Å². The van der Waals surface area contributed by atoms with E-state index in [2.05, 4.69) is 48.2 Å². The number of hydrogen-bond acceptors (Lipinski definition) is 5. The first kappa shape index (κ1) is 22.4. The van der Waals surface area contributed by atoms with Crippen LogP contribution in [-0.4, -0.2) is 88.3 Å². The van der Waals surface area contributed by atoms with Crippen molar-refractivity contribution in [1.82, 2.24) is 15.5 Å². The average Bonchev–Trinajstić information content (AvgIpc) is 3.13. The molecule has 0 amide bonds. The van der Waals surface area contributed by atoms with Gasteiger partial charge in [0.2, 0.25) is 0 Å². The van der Waals surface area contributed by atoms with Gasteiger partial charge in [-0.25, -0.2) is 0 Å². The van der Waals surface area contributed by atoms with Crippen molar-refractivity contribution in [1.29, 1.82) is 0 Å². The molecule has 158 valence electrons. The molecule has 2 aliphatic rings. The summed E-state index contributed by atoms with van der Waals surface area (Å²) in [5.41, 5.74) is 0.0381. The molecule has 2 rings (SSSR count). The van der Waals surface area contributed by atoms with Gasteiger partial charge in [-0.3, -0.25) is 9.89 Å². The fourth-order valence-corrected chi connectivity index (χ4v) is 3.65. The maximum absolute atomic E-state index is 5.86. The minimum absolute atomic E-state index is 0.0381. The average molecular weight is 385 g/mol. The number of hydrogen-bond donors (Lipinski definition) is 2. The van der Waals surface area contributed by atoms with Gasteiger partial charge in [-0.1, -0.05) is 0 Å². The normalized spacial score (nSPS) is 27.7. The Hall–Kier alpha value is -0.890. The Morgan fingerprint density at radius 2 is 1.96 bits per heavy atom. The first-order valence-corrected chi connectivity index (χ1v) is 10.4. The highest BCUT2D eigenvalue weighted by atomic mass is 16.5. The maximum atomic E-state index is 5.86. The van der Waals surface area contributed by atoms with Gasteiger partial charge in [-0.2, -0.15) is 0 Å². The van der Waals surface area contributed by atoms with Crippen LogP contribution >= 0.6 is 0 Å². The van der Waals surface area contributed by atoms with E-state index in [0.29, 0.717) is 5.92 Å². The lowest BCUT2D eigenvalue weighted by Gasteiger charge is -2.45. The fraction of sp³-hybridized carbons (Fsp3) is 0.950. The van der Waals surface area contributed by atoms with E-state index in [1.54, 1.807) is 0 Å². The van der Waals surface area contributed by atoms with Crippen LogP contribution in [0.15, 0.2) is 4.99 Å². The van der Waals surface area contributed by atoms with Gasteiger partial charge in [0.1, 0.15) is 0 Å². The van der Waals surface area contributed by atoms with Crippen LogP contribution in [0.1, 0.15) is 40.5 Å². The zero-order valence-corrected chi connectivity index (χ0v) is 17.9. The summed E-state index contributed by atoms with van der Waals surface area (Å²) in [6.45, 7) is 15.8. The van der Waals surface area contributed by atoms with Gasteiger partial charge in [-0.05, 0) is 40.5 Å². The third-order valence-corrected chi connectivity index (χ3v) is 5.32. The number of rotatable bonds is 9. The summed E-state index contributed by atoms with van der Waals surface area (Å²) in [4.78, 5) is 6.85. The quantitative estimate of drug-likeness (QED) is 0.357. The number of ether oxygens (including phenoxy) is 3. The first-order valence-electron chi connectivity index (χ1n) is 10.4. The van der Waals surface area contributed by atoms with E-state index in [4.69, 9.17) is 14.2 Å². The lowest BCUT2D eigenvalue weighted by Crippen LogP contribution is -2.59. The van der Waals surface area contributed by atoms with Crippen molar-refractivity contribution in [3.05, 3.63) is 0 Å². The highest BCUT2D eigenvalue weighted by Crippen LogP contribution is 2.20. The fourth-order valence-electron chi connectivity index (χ4n) is 3.65. The van der Waals surface area contributed by atoms with Crippen LogP contribution in [0.3, 0.4) is 0 Å². The molecule has 0 radical (unpaired) electrons. The largest absolute Gasteiger partial charge is 0.381 e. The zero-order chi connectivity index (χ0) is 19.7. The molecule has 27 heavy (non-hydrogen) atoms. The smallest absolute Gasteiger partial charge is 0.191 e. The summed E-state index contributed by atoms with van der Waals surface area (Å²) in [6, 6.07) is 0. The predicted molar refractivity (Wildman–Crippen MR) is 109 cm³/mol. The Morgan fingerprint density at radius 3 is 2.59 bits per heavy atom. The molecule has 7 heteroatoms. The molecule has 0 aromatic carbocycles. The van der Waals surface area contributed by atoms with Crippen molar-refractivity contribution >= 4 is 5.96 Å². The lowest BCUT2D eigenvalue weighted by atomic mass is 10.00. The van der Waals surface area contributed by atoms with Crippen molar-refractivity contribution in [3.8, 4) is 0 Å². The third-order valence-electron chi connectivity index (χ3n) is 5.32. The van der Waals surface area contributed by atoms with Crippen LogP contribution in [0.25, 0.3) is 0 Å². The molecule has 0 spiro atoms. The SMILES string of the molecule is CN=C(NCCCOCC1CCOC1)NCC(C)(C)N1CC(C)OC(C)C1. The molecule has 0 aromatic rings. The van der Waals surface area contributed by atoms with E-state index in [1.807, 2.05) is 7.05 Å². The minimum atomic E-state index is 0.0381. The number of nitrogens with one attached hydrogen (secondary N) is 2. The molecule has 0 aliphatic carbocycles. The highest BCUT2D eigenvalue weighted by Gasteiger charge is 2.33. The lowest BCUT2D eigenvalue weighted by molar-refractivity contribution is -0.0946. The van der Waals surface area contributed by atoms with Crippen LogP contribution in [0.2, 0.25) is 0 Å². The van der Waals surface area contributed by atoms with E-state index < -0.39 is 0 Å². The second kappa shape index (κ2) is 11.2. The van der Waals surface area contributed by atoms with E-state index >= 15 is 0 Å². The third kappa shape index (κ3) is 7.94. The summed E-state index contributed by atoms with van der Waals surface area (Å²) in [6.07, 6.45) is 2.66. The van der Waals surface area contributed by atoms with Crippen molar-refractivity contribution < 1.29 is 14.2 Å². The van der Waals surface area contributed by atoms with Gasteiger partial charge in [0.15, 0.2) is 5.96 Å². The molecule has 2 fully saturated rings. The maximum Gasteiger partial charge on any atom is 0.191 e. The van der Waals surface area contributed by atoms with E-state index in [0.717, 1.165) is 71.4 Å². The summed E-state index contributed by atoms with van der Waals surface area (Å²) in [5, 5.41) is 6.85. The summed E-state index contributed by atoms with van der Waals surface area (Å²) >= 11 is 0. The standard InChI is InChI=1S/C20H40N4O3/c1-16-11-24(12-17(2)27-16)20(3,4)15-23-19(21-5)22-8-6-9-25-13-18-7-10-26-14-18/h16-18H,6-15H2,1-5H3,(H2,21,22,23). The molecule has 0 saturated carbocycles. The number of aliphatic imine (C=N–C) groups is 1. The molecule has 0 aromatic heterocycles.